The summed E-state index contributed by atoms with van der Waals surface area (Å²) in [6.45, 7) is 6.11. The quantitative estimate of drug-likeness (QED) is 0.862. The van der Waals surface area contributed by atoms with Crippen molar-refractivity contribution in [2.45, 2.75) is 32.2 Å². The van der Waals surface area contributed by atoms with Crippen molar-refractivity contribution in [2.75, 3.05) is 0 Å². The predicted molar refractivity (Wildman–Crippen MR) is 65.5 cm³/mol. The van der Waals surface area contributed by atoms with E-state index in [1.165, 1.54) is 0 Å². The van der Waals surface area contributed by atoms with E-state index in [0.717, 1.165) is 5.56 Å². The van der Waals surface area contributed by atoms with E-state index in [0.29, 0.717) is 11.7 Å². The second kappa shape index (κ2) is 4.30. The van der Waals surface area contributed by atoms with Crippen LogP contribution in [0.3, 0.4) is 0 Å². The van der Waals surface area contributed by atoms with Crippen molar-refractivity contribution < 1.29 is 4.52 Å². The molecule has 1 atom stereocenters. The summed E-state index contributed by atoms with van der Waals surface area (Å²) in [5.74, 6) is 1.14. The van der Waals surface area contributed by atoms with Crippen molar-refractivity contribution in [3.63, 3.8) is 0 Å². The second-order valence-corrected chi connectivity index (χ2v) is 5.09. The molecular weight excluding hydrogens is 214 g/mol. The molecule has 0 radical (unpaired) electrons. The fourth-order valence-electron chi connectivity index (χ4n) is 1.47. The average Bonchev–Trinajstić information content (AvgIpc) is 2.78. The van der Waals surface area contributed by atoms with E-state index in [-0.39, 0.29) is 11.5 Å². The van der Waals surface area contributed by atoms with E-state index in [9.17, 15) is 0 Å². The Morgan fingerprint density at radius 2 is 1.82 bits per heavy atom. The molecule has 0 unspecified atom stereocenters. The number of hydrogen-bond acceptors (Lipinski definition) is 4. The zero-order valence-corrected chi connectivity index (χ0v) is 10.3. The molecule has 2 rings (SSSR count). The van der Waals surface area contributed by atoms with Gasteiger partial charge in [-0.1, -0.05) is 56.3 Å². The van der Waals surface area contributed by atoms with E-state index in [1.807, 2.05) is 51.1 Å². The van der Waals surface area contributed by atoms with Crippen LogP contribution in [0.5, 0.6) is 0 Å². The lowest BCUT2D eigenvalue weighted by Gasteiger charge is -2.11. The molecule has 90 valence electrons. The first-order valence-corrected chi connectivity index (χ1v) is 5.63. The third-order valence-corrected chi connectivity index (χ3v) is 2.54. The molecule has 2 N–H and O–H groups in total. The number of rotatable bonds is 2. The number of aromatic nitrogens is 2. The van der Waals surface area contributed by atoms with E-state index in [1.54, 1.807) is 0 Å². The Balaban J connectivity index is 2.27. The molecule has 4 heteroatoms. The van der Waals surface area contributed by atoms with Crippen LogP contribution in [-0.4, -0.2) is 10.1 Å². The largest absolute Gasteiger partial charge is 0.337 e. The maximum absolute atomic E-state index is 6.08. The minimum absolute atomic E-state index is 0.127. The Morgan fingerprint density at radius 1 is 1.18 bits per heavy atom. The Kier molecular flexibility index (Phi) is 2.98. The van der Waals surface area contributed by atoms with Crippen LogP contribution in [0.4, 0.5) is 0 Å². The molecule has 0 aliphatic heterocycles. The van der Waals surface area contributed by atoms with Gasteiger partial charge in [0.1, 0.15) is 6.04 Å². The van der Waals surface area contributed by atoms with Crippen molar-refractivity contribution in [1.82, 2.24) is 10.1 Å². The van der Waals surface area contributed by atoms with Crippen molar-refractivity contribution >= 4 is 0 Å². The SMILES string of the molecule is CC(C)(C)c1noc([C@H](N)c2ccccc2)n1. The van der Waals surface area contributed by atoms with Crippen LogP contribution in [0, 0.1) is 0 Å². The number of nitrogens with zero attached hydrogens (tertiary/aromatic N) is 2. The Hall–Kier alpha value is -1.68. The maximum atomic E-state index is 6.08. The van der Waals surface area contributed by atoms with Gasteiger partial charge in [-0.05, 0) is 5.56 Å². The predicted octanol–water partition coefficient (Wildman–Crippen LogP) is 2.42. The van der Waals surface area contributed by atoms with Crippen molar-refractivity contribution in [3.05, 3.63) is 47.6 Å². The minimum Gasteiger partial charge on any atom is -0.337 e. The molecule has 0 bridgehead atoms. The van der Waals surface area contributed by atoms with Crippen LogP contribution < -0.4 is 5.73 Å². The molecule has 4 nitrogen and oxygen atoms in total. The summed E-state index contributed by atoms with van der Waals surface area (Å²) in [5.41, 5.74) is 6.92. The van der Waals surface area contributed by atoms with Crippen molar-refractivity contribution in [2.24, 2.45) is 5.73 Å². The van der Waals surface area contributed by atoms with Crippen LogP contribution in [0.1, 0.15) is 44.1 Å². The monoisotopic (exact) mass is 231 g/mol. The Morgan fingerprint density at radius 3 is 2.35 bits per heavy atom. The molecule has 2 aromatic rings. The van der Waals surface area contributed by atoms with Crippen LogP contribution in [-0.2, 0) is 5.41 Å². The molecule has 0 fully saturated rings. The highest BCUT2D eigenvalue weighted by molar-refractivity contribution is 5.23. The van der Waals surface area contributed by atoms with E-state index >= 15 is 0 Å². The molecular formula is C13H17N3O. The average molecular weight is 231 g/mol. The minimum atomic E-state index is -0.361. The topological polar surface area (TPSA) is 64.9 Å². The van der Waals surface area contributed by atoms with Crippen molar-refractivity contribution in [3.8, 4) is 0 Å². The molecule has 1 aromatic heterocycles. The molecule has 1 heterocycles. The van der Waals surface area contributed by atoms with Gasteiger partial charge in [-0.3, -0.25) is 0 Å². The summed E-state index contributed by atoms with van der Waals surface area (Å²) >= 11 is 0. The lowest BCUT2D eigenvalue weighted by Crippen LogP contribution is -2.15. The van der Waals surface area contributed by atoms with Gasteiger partial charge in [-0.2, -0.15) is 4.98 Å². The first kappa shape index (κ1) is 11.8. The van der Waals surface area contributed by atoms with Gasteiger partial charge in [-0.15, -0.1) is 0 Å². The highest BCUT2D eigenvalue weighted by Gasteiger charge is 2.23. The zero-order chi connectivity index (χ0) is 12.5. The molecule has 0 aliphatic rings. The molecule has 17 heavy (non-hydrogen) atoms. The third kappa shape index (κ3) is 2.53. The van der Waals surface area contributed by atoms with Gasteiger partial charge < -0.3 is 10.3 Å². The lowest BCUT2D eigenvalue weighted by atomic mass is 9.96. The number of benzene rings is 1. The first-order chi connectivity index (χ1) is 7.98. The standard InChI is InChI=1S/C13H17N3O/c1-13(2,3)12-15-11(17-16-12)10(14)9-7-5-4-6-8-9/h4-8,10H,14H2,1-3H3/t10-/m1/s1. The second-order valence-electron chi connectivity index (χ2n) is 5.09. The summed E-state index contributed by atoms with van der Waals surface area (Å²) in [5, 5.41) is 3.97. The molecule has 0 aliphatic carbocycles. The zero-order valence-electron chi connectivity index (χ0n) is 10.3. The Labute approximate surface area is 101 Å². The Bertz CT molecular complexity index is 485. The van der Waals surface area contributed by atoms with Gasteiger partial charge in [0.15, 0.2) is 5.82 Å². The third-order valence-electron chi connectivity index (χ3n) is 2.54. The summed E-state index contributed by atoms with van der Waals surface area (Å²) in [6, 6.07) is 9.37. The number of hydrogen-bond donors (Lipinski definition) is 1. The summed E-state index contributed by atoms with van der Waals surface area (Å²) in [4.78, 5) is 4.36. The highest BCUT2D eigenvalue weighted by atomic mass is 16.5. The summed E-state index contributed by atoms with van der Waals surface area (Å²) in [6.07, 6.45) is 0. The van der Waals surface area contributed by atoms with Crippen LogP contribution in [0.2, 0.25) is 0 Å². The van der Waals surface area contributed by atoms with Crippen molar-refractivity contribution in [1.29, 1.82) is 0 Å². The fraction of sp³-hybridized carbons (Fsp3) is 0.385. The number of nitrogens with two attached hydrogens (primary N) is 1. The van der Waals surface area contributed by atoms with Crippen LogP contribution in [0.25, 0.3) is 0 Å². The lowest BCUT2D eigenvalue weighted by molar-refractivity contribution is 0.354. The molecule has 0 saturated carbocycles. The van der Waals surface area contributed by atoms with E-state index in [4.69, 9.17) is 10.3 Å². The van der Waals surface area contributed by atoms with Gasteiger partial charge in [0.25, 0.3) is 0 Å². The van der Waals surface area contributed by atoms with Gasteiger partial charge in [0, 0.05) is 5.41 Å². The smallest absolute Gasteiger partial charge is 0.248 e. The van der Waals surface area contributed by atoms with Gasteiger partial charge in [0.05, 0.1) is 0 Å². The van der Waals surface area contributed by atoms with Gasteiger partial charge in [0.2, 0.25) is 5.89 Å². The fourth-order valence-corrected chi connectivity index (χ4v) is 1.47. The summed E-state index contributed by atoms with van der Waals surface area (Å²) in [7, 11) is 0. The highest BCUT2D eigenvalue weighted by Crippen LogP contribution is 2.22. The molecule has 0 saturated heterocycles. The van der Waals surface area contributed by atoms with Crippen LogP contribution >= 0.6 is 0 Å². The van der Waals surface area contributed by atoms with E-state index in [2.05, 4.69) is 10.1 Å². The summed E-state index contributed by atoms with van der Waals surface area (Å²) < 4.78 is 5.22. The van der Waals surface area contributed by atoms with Gasteiger partial charge in [-0.25, -0.2) is 0 Å². The van der Waals surface area contributed by atoms with Crippen LogP contribution in [0.15, 0.2) is 34.9 Å². The normalized spacial score (nSPS) is 13.6. The molecule has 1 aromatic carbocycles. The van der Waals surface area contributed by atoms with E-state index < -0.39 is 0 Å². The molecule has 0 spiro atoms. The molecule has 0 amide bonds. The van der Waals surface area contributed by atoms with Gasteiger partial charge >= 0.3 is 0 Å². The first-order valence-electron chi connectivity index (χ1n) is 5.63. The maximum Gasteiger partial charge on any atom is 0.248 e.